The van der Waals surface area contributed by atoms with Crippen molar-refractivity contribution in [3.05, 3.63) is 29.6 Å². The Hall–Kier alpha value is -1.79. The molecular weight excluding hydrogens is 260 g/mol. The van der Waals surface area contributed by atoms with Crippen LogP contribution in [0.4, 0.5) is 0 Å². The standard InChI is InChI=1S/C13H14N4OS/c1-2-4-14-8-12-16-13(17-18-12)9-6-11-10(15-7-9)3-5-19-11/h3,5-7,14H,2,4,8H2,1H3. The highest BCUT2D eigenvalue weighted by Crippen LogP contribution is 2.24. The SMILES string of the molecule is CCCNCc1nc(-c2cnc3ccsc3c2)no1. The van der Waals surface area contributed by atoms with Crippen molar-refractivity contribution in [2.75, 3.05) is 6.54 Å². The molecule has 0 radical (unpaired) electrons. The Balaban J connectivity index is 1.81. The third kappa shape index (κ3) is 2.64. The van der Waals surface area contributed by atoms with Crippen LogP contribution in [0.3, 0.4) is 0 Å². The fourth-order valence-electron chi connectivity index (χ4n) is 1.78. The van der Waals surface area contributed by atoms with E-state index < -0.39 is 0 Å². The zero-order valence-corrected chi connectivity index (χ0v) is 11.4. The molecule has 0 bridgehead atoms. The minimum absolute atomic E-state index is 0.594. The van der Waals surface area contributed by atoms with Crippen LogP contribution in [0.2, 0.25) is 0 Å². The predicted molar refractivity (Wildman–Crippen MR) is 74.9 cm³/mol. The molecule has 0 unspecified atom stereocenters. The first-order valence-corrected chi connectivity index (χ1v) is 7.11. The van der Waals surface area contributed by atoms with Gasteiger partial charge in [0.05, 0.1) is 16.8 Å². The zero-order valence-electron chi connectivity index (χ0n) is 10.6. The summed E-state index contributed by atoms with van der Waals surface area (Å²) in [6.07, 6.45) is 2.86. The molecule has 1 N–H and O–H groups in total. The number of pyridine rings is 1. The van der Waals surface area contributed by atoms with E-state index in [-0.39, 0.29) is 0 Å². The van der Waals surface area contributed by atoms with Crippen LogP contribution < -0.4 is 5.32 Å². The van der Waals surface area contributed by atoms with Crippen LogP contribution in [-0.4, -0.2) is 21.7 Å². The number of nitrogens with zero attached hydrogens (tertiary/aromatic N) is 3. The van der Waals surface area contributed by atoms with Crippen molar-refractivity contribution in [1.29, 1.82) is 0 Å². The molecule has 0 aliphatic rings. The highest BCUT2D eigenvalue weighted by Gasteiger charge is 2.09. The van der Waals surface area contributed by atoms with Gasteiger partial charge in [0.2, 0.25) is 11.7 Å². The Morgan fingerprint density at radius 2 is 2.37 bits per heavy atom. The normalized spacial score (nSPS) is 11.2. The molecule has 3 aromatic rings. The number of fused-ring (bicyclic) bond motifs is 1. The highest BCUT2D eigenvalue weighted by atomic mass is 32.1. The molecule has 0 aliphatic carbocycles. The summed E-state index contributed by atoms with van der Waals surface area (Å²) in [5.74, 6) is 1.20. The molecular formula is C13H14N4OS. The van der Waals surface area contributed by atoms with Crippen LogP contribution in [0.5, 0.6) is 0 Å². The van der Waals surface area contributed by atoms with Crippen molar-refractivity contribution in [2.24, 2.45) is 0 Å². The Morgan fingerprint density at radius 1 is 1.42 bits per heavy atom. The van der Waals surface area contributed by atoms with E-state index in [0.29, 0.717) is 18.3 Å². The molecule has 0 saturated heterocycles. The maximum Gasteiger partial charge on any atom is 0.240 e. The Labute approximate surface area is 114 Å². The first-order chi connectivity index (χ1) is 9.36. The van der Waals surface area contributed by atoms with Gasteiger partial charge in [0.15, 0.2) is 0 Å². The minimum Gasteiger partial charge on any atom is -0.338 e. The van der Waals surface area contributed by atoms with E-state index in [0.717, 1.165) is 28.7 Å². The number of rotatable bonds is 5. The average Bonchev–Trinajstić information content (AvgIpc) is 3.06. The van der Waals surface area contributed by atoms with Gasteiger partial charge >= 0.3 is 0 Å². The molecule has 19 heavy (non-hydrogen) atoms. The van der Waals surface area contributed by atoms with E-state index in [1.165, 1.54) is 0 Å². The van der Waals surface area contributed by atoms with Crippen LogP contribution in [0.1, 0.15) is 19.2 Å². The zero-order chi connectivity index (χ0) is 13.1. The summed E-state index contributed by atoms with van der Waals surface area (Å²) in [7, 11) is 0. The van der Waals surface area contributed by atoms with Gasteiger partial charge in [0.25, 0.3) is 0 Å². The quantitative estimate of drug-likeness (QED) is 0.725. The van der Waals surface area contributed by atoms with Gasteiger partial charge in [0.1, 0.15) is 0 Å². The second-order valence-corrected chi connectivity index (χ2v) is 5.16. The maximum absolute atomic E-state index is 5.21. The largest absolute Gasteiger partial charge is 0.338 e. The van der Waals surface area contributed by atoms with Gasteiger partial charge in [0, 0.05) is 11.8 Å². The summed E-state index contributed by atoms with van der Waals surface area (Å²) in [6, 6.07) is 4.04. The number of nitrogens with one attached hydrogen (secondary N) is 1. The molecule has 0 saturated carbocycles. The average molecular weight is 274 g/mol. The molecule has 0 fully saturated rings. The second-order valence-electron chi connectivity index (χ2n) is 4.22. The van der Waals surface area contributed by atoms with Crippen LogP contribution in [0, 0.1) is 0 Å². The Morgan fingerprint density at radius 3 is 3.26 bits per heavy atom. The third-order valence-electron chi connectivity index (χ3n) is 2.73. The highest BCUT2D eigenvalue weighted by molar-refractivity contribution is 7.17. The summed E-state index contributed by atoms with van der Waals surface area (Å²) >= 11 is 1.66. The fraction of sp³-hybridized carbons (Fsp3) is 0.308. The van der Waals surface area contributed by atoms with E-state index in [9.17, 15) is 0 Å². The van der Waals surface area contributed by atoms with Crippen molar-refractivity contribution in [3.63, 3.8) is 0 Å². The summed E-state index contributed by atoms with van der Waals surface area (Å²) in [4.78, 5) is 8.74. The summed E-state index contributed by atoms with van der Waals surface area (Å²) < 4.78 is 6.34. The lowest BCUT2D eigenvalue weighted by molar-refractivity contribution is 0.368. The van der Waals surface area contributed by atoms with Crippen molar-refractivity contribution in [2.45, 2.75) is 19.9 Å². The summed E-state index contributed by atoms with van der Waals surface area (Å²) in [5, 5.41) is 9.25. The van der Waals surface area contributed by atoms with Crippen LogP contribution in [0.25, 0.3) is 21.6 Å². The predicted octanol–water partition coefficient (Wildman–Crippen LogP) is 2.85. The topological polar surface area (TPSA) is 63.8 Å². The van der Waals surface area contributed by atoms with Gasteiger partial charge in [-0.25, -0.2) is 0 Å². The molecule has 3 heterocycles. The maximum atomic E-state index is 5.21. The number of aromatic nitrogens is 3. The van der Waals surface area contributed by atoms with Gasteiger partial charge in [-0.3, -0.25) is 4.98 Å². The van der Waals surface area contributed by atoms with E-state index in [1.54, 1.807) is 17.5 Å². The Kier molecular flexibility index (Phi) is 3.52. The molecule has 0 spiro atoms. The fourth-order valence-corrected chi connectivity index (χ4v) is 2.56. The lowest BCUT2D eigenvalue weighted by Gasteiger charge is -1.96. The number of hydrogen-bond donors (Lipinski definition) is 1. The van der Waals surface area contributed by atoms with Gasteiger partial charge in [-0.05, 0) is 30.5 Å². The molecule has 3 aromatic heterocycles. The number of thiophene rings is 1. The molecule has 3 rings (SSSR count). The van der Waals surface area contributed by atoms with E-state index in [2.05, 4.69) is 27.4 Å². The van der Waals surface area contributed by atoms with Gasteiger partial charge < -0.3 is 9.84 Å². The van der Waals surface area contributed by atoms with Crippen molar-refractivity contribution < 1.29 is 4.52 Å². The van der Waals surface area contributed by atoms with Gasteiger partial charge in [-0.2, -0.15) is 4.98 Å². The van der Waals surface area contributed by atoms with Gasteiger partial charge in [-0.1, -0.05) is 12.1 Å². The lowest BCUT2D eigenvalue weighted by atomic mass is 10.2. The summed E-state index contributed by atoms with van der Waals surface area (Å²) in [5.41, 5.74) is 1.89. The van der Waals surface area contributed by atoms with Gasteiger partial charge in [-0.15, -0.1) is 11.3 Å². The minimum atomic E-state index is 0.594. The van der Waals surface area contributed by atoms with Crippen LogP contribution in [-0.2, 0) is 6.54 Å². The van der Waals surface area contributed by atoms with Crippen LogP contribution >= 0.6 is 11.3 Å². The van der Waals surface area contributed by atoms with E-state index in [4.69, 9.17) is 4.52 Å². The van der Waals surface area contributed by atoms with Crippen LogP contribution in [0.15, 0.2) is 28.2 Å². The molecule has 0 atom stereocenters. The number of hydrogen-bond acceptors (Lipinski definition) is 6. The van der Waals surface area contributed by atoms with Crippen molar-refractivity contribution in [1.82, 2.24) is 20.4 Å². The van der Waals surface area contributed by atoms with E-state index in [1.807, 2.05) is 17.5 Å². The Bertz CT molecular complexity index is 676. The molecule has 5 nitrogen and oxygen atoms in total. The first kappa shape index (κ1) is 12.3. The van der Waals surface area contributed by atoms with Crippen molar-refractivity contribution in [3.8, 4) is 11.4 Å². The lowest BCUT2D eigenvalue weighted by Crippen LogP contribution is -2.13. The molecule has 6 heteroatoms. The molecule has 0 aliphatic heterocycles. The molecule has 0 amide bonds. The second kappa shape index (κ2) is 5.46. The van der Waals surface area contributed by atoms with Crippen molar-refractivity contribution >= 4 is 21.6 Å². The molecule has 0 aromatic carbocycles. The van der Waals surface area contributed by atoms with E-state index >= 15 is 0 Å². The monoisotopic (exact) mass is 274 g/mol. The molecule has 98 valence electrons. The first-order valence-electron chi connectivity index (χ1n) is 6.23. The third-order valence-corrected chi connectivity index (χ3v) is 3.59. The summed E-state index contributed by atoms with van der Waals surface area (Å²) in [6.45, 7) is 3.67. The smallest absolute Gasteiger partial charge is 0.240 e.